The maximum Gasteiger partial charge on any atom is 0.231 e. The summed E-state index contributed by atoms with van der Waals surface area (Å²) in [5, 5.41) is 43.1. The highest BCUT2D eigenvalue weighted by molar-refractivity contribution is 6.11. The van der Waals surface area contributed by atoms with Crippen molar-refractivity contribution in [2.45, 2.75) is 0 Å². The molecule has 0 saturated heterocycles. The first-order chi connectivity index (χ1) is 35.3. The fraction of sp³-hybridized carbons (Fsp3) is 0.0545. The lowest BCUT2D eigenvalue weighted by atomic mass is 10.0. The van der Waals surface area contributed by atoms with Gasteiger partial charge in [0.05, 0.1) is 5.56 Å². The summed E-state index contributed by atoms with van der Waals surface area (Å²) in [6.07, 6.45) is 0. The highest BCUT2D eigenvalue weighted by Gasteiger charge is 2.27. The van der Waals surface area contributed by atoms with Gasteiger partial charge in [-0.3, -0.25) is 4.79 Å². The van der Waals surface area contributed by atoms with E-state index in [4.69, 9.17) is 56.8 Å². The number of fused-ring (bicyclic) bond motifs is 3. The van der Waals surface area contributed by atoms with Gasteiger partial charge in [0, 0.05) is 23.8 Å². The molecule has 1 N–H and O–H groups in total. The van der Waals surface area contributed by atoms with Gasteiger partial charge >= 0.3 is 0 Å². The van der Waals surface area contributed by atoms with Crippen LogP contribution in [0.1, 0.15) is 32.6 Å². The van der Waals surface area contributed by atoms with Crippen molar-refractivity contribution in [1.82, 2.24) is 0 Å². The molecule has 0 saturated carbocycles. The number of benzene rings is 8. The molecule has 72 heavy (non-hydrogen) atoms. The number of hydrogen-bond donors (Lipinski definition) is 1. The number of nitriles is 3. The minimum atomic E-state index is -0.659. The Balaban J connectivity index is 0.899. The molecule has 350 valence electrons. The van der Waals surface area contributed by atoms with Gasteiger partial charge in [0.1, 0.15) is 92.4 Å². The number of carbonyl (C=O) groups excluding carboxylic acids is 1. The molecule has 0 radical (unpaired) electrons. The van der Waals surface area contributed by atoms with E-state index in [1.54, 1.807) is 97.1 Å². The molecule has 0 amide bonds. The van der Waals surface area contributed by atoms with Crippen molar-refractivity contribution in [3.05, 3.63) is 173 Å². The Labute approximate surface area is 408 Å². The van der Waals surface area contributed by atoms with Gasteiger partial charge in [-0.05, 0) is 109 Å². The van der Waals surface area contributed by atoms with Crippen LogP contribution in [0.3, 0.4) is 0 Å². The zero-order valence-corrected chi connectivity index (χ0v) is 37.1. The van der Waals surface area contributed by atoms with Crippen LogP contribution in [0.2, 0.25) is 0 Å². The lowest BCUT2D eigenvalue weighted by molar-refractivity contribution is 0.103. The molecule has 17 nitrogen and oxygen atoms in total. The molecule has 3 aliphatic heterocycles. The van der Waals surface area contributed by atoms with Crippen molar-refractivity contribution >= 4 is 5.78 Å². The van der Waals surface area contributed by atoms with Crippen LogP contribution in [0.5, 0.6) is 109 Å². The molecule has 17 heteroatoms. The predicted octanol–water partition coefficient (Wildman–Crippen LogP) is 12.2. The summed E-state index contributed by atoms with van der Waals surface area (Å²) >= 11 is 0. The Hall–Kier alpha value is -10.7. The van der Waals surface area contributed by atoms with Crippen LogP contribution in [0.4, 0.5) is 0 Å². The summed E-state index contributed by atoms with van der Waals surface area (Å²) in [7, 11) is 0. The fourth-order valence-corrected chi connectivity index (χ4v) is 7.68. The van der Waals surface area contributed by atoms with Gasteiger partial charge in [0.25, 0.3) is 0 Å². The second kappa shape index (κ2) is 18.8. The first-order valence-electron chi connectivity index (χ1n) is 21.7. The molecule has 0 aromatic heterocycles. The van der Waals surface area contributed by atoms with E-state index in [-0.39, 0.29) is 99.9 Å². The maximum atomic E-state index is 14.3. The van der Waals surface area contributed by atoms with Crippen LogP contribution in [0, 0.1) is 34.0 Å². The summed E-state index contributed by atoms with van der Waals surface area (Å²) in [5.74, 6) is 3.24. The van der Waals surface area contributed by atoms with E-state index >= 15 is 0 Å². The minimum Gasteiger partial charge on any atom is -0.504 e. The van der Waals surface area contributed by atoms with Crippen molar-refractivity contribution < 1.29 is 66.7 Å². The van der Waals surface area contributed by atoms with Crippen LogP contribution in [0.25, 0.3) is 0 Å². The molecule has 11 rings (SSSR count). The van der Waals surface area contributed by atoms with Crippen LogP contribution in [0.15, 0.2) is 146 Å². The topological polar surface area (TPSA) is 219 Å². The van der Waals surface area contributed by atoms with E-state index in [0.717, 1.165) is 0 Å². The van der Waals surface area contributed by atoms with E-state index in [1.165, 1.54) is 48.5 Å². The Kier molecular flexibility index (Phi) is 11.4. The number of hydrogen-bond acceptors (Lipinski definition) is 17. The maximum absolute atomic E-state index is 14.3. The summed E-state index contributed by atoms with van der Waals surface area (Å²) in [6.45, 7) is 0.205. The molecule has 3 aliphatic rings. The predicted molar refractivity (Wildman–Crippen MR) is 250 cm³/mol. The van der Waals surface area contributed by atoms with Gasteiger partial charge < -0.3 is 61.9 Å². The summed E-state index contributed by atoms with van der Waals surface area (Å²) < 4.78 is 69.6. The molecule has 3 heterocycles. The second-order valence-electron chi connectivity index (χ2n) is 15.5. The molecule has 0 aliphatic carbocycles. The minimum absolute atomic E-state index is 0.000330. The highest BCUT2D eigenvalue weighted by Crippen LogP contribution is 2.48. The molecular weight excluding hydrogens is 927 g/mol. The molecule has 0 spiro atoms. The van der Waals surface area contributed by atoms with Crippen molar-refractivity contribution in [1.29, 1.82) is 15.8 Å². The molecule has 0 fully saturated rings. The zero-order chi connectivity index (χ0) is 49.1. The van der Waals surface area contributed by atoms with Gasteiger partial charge in [0.15, 0.2) is 51.8 Å². The third-order valence-corrected chi connectivity index (χ3v) is 11.1. The zero-order valence-electron chi connectivity index (χ0n) is 37.1. The summed E-state index contributed by atoms with van der Waals surface area (Å²) in [6, 6.07) is 44.2. The summed E-state index contributed by atoms with van der Waals surface area (Å²) in [4.78, 5) is 14.3. The monoisotopic (exact) mass is 957 g/mol. The molecule has 0 unspecified atom stereocenters. The van der Waals surface area contributed by atoms with E-state index < -0.39 is 11.5 Å². The van der Waals surface area contributed by atoms with Gasteiger partial charge in [-0.1, -0.05) is 18.2 Å². The number of phenols is 1. The fourth-order valence-electron chi connectivity index (χ4n) is 7.68. The third kappa shape index (κ3) is 8.58. The largest absolute Gasteiger partial charge is 0.504 e. The lowest BCUT2D eigenvalue weighted by Gasteiger charge is -2.18. The normalized spacial score (nSPS) is 12.2. The number of rotatable bonds is 14. The Morgan fingerprint density at radius 3 is 1.18 bits per heavy atom. The molecular formula is C55H31N3O14. The molecule has 8 aromatic carbocycles. The quantitative estimate of drug-likeness (QED) is 0.100. The average molecular weight is 958 g/mol. The number of aromatic hydroxyl groups is 1. The molecule has 0 atom stereocenters. The second-order valence-corrected chi connectivity index (χ2v) is 15.5. The van der Waals surface area contributed by atoms with E-state index in [9.17, 15) is 25.7 Å². The third-order valence-electron chi connectivity index (χ3n) is 11.1. The Bertz CT molecular complexity index is 3610. The standard InChI is InChI=1S/C55H31N3O14/c56-25-37-40(4-1-5-41(37)68-33-14-18-46-50(22-33)64-28-61-46)67-32-12-10-31(11-13-32)53(59)36-17-21-49(71-44-8-2-6-42(38(44)26-57)69-34-15-19-47-51(23-34)65-29-62-47)55(54(36)60)72-45-9-3-7-43(39(45)27-58)70-35-16-20-48-52(24-35)66-30-63-48/h1-24,60H,28-30H2. The van der Waals surface area contributed by atoms with Gasteiger partial charge in [-0.25, -0.2) is 0 Å². The van der Waals surface area contributed by atoms with E-state index in [2.05, 4.69) is 18.2 Å². The Morgan fingerprint density at radius 2 is 0.764 bits per heavy atom. The van der Waals surface area contributed by atoms with Gasteiger partial charge in [-0.2, -0.15) is 15.8 Å². The van der Waals surface area contributed by atoms with Crippen LogP contribution in [-0.4, -0.2) is 31.3 Å². The van der Waals surface area contributed by atoms with Crippen LogP contribution in [-0.2, 0) is 0 Å². The van der Waals surface area contributed by atoms with Crippen molar-refractivity contribution in [2.24, 2.45) is 0 Å². The van der Waals surface area contributed by atoms with E-state index in [1.807, 2.05) is 0 Å². The first-order valence-corrected chi connectivity index (χ1v) is 21.7. The van der Waals surface area contributed by atoms with Crippen molar-refractivity contribution in [3.8, 4) is 127 Å². The number of ether oxygens (including phenoxy) is 12. The van der Waals surface area contributed by atoms with Crippen LogP contribution >= 0.6 is 0 Å². The summed E-state index contributed by atoms with van der Waals surface area (Å²) in [5.41, 5.74) is -0.0574. The van der Waals surface area contributed by atoms with Crippen molar-refractivity contribution in [2.75, 3.05) is 20.4 Å². The average Bonchev–Trinajstić information content (AvgIpc) is 4.19. The molecule has 0 bridgehead atoms. The first kappa shape index (κ1) is 43.8. The van der Waals surface area contributed by atoms with Gasteiger partial charge in [0.2, 0.25) is 26.1 Å². The van der Waals surface area contributed by atoms with Crippen molar-refractivity contribution in [3.63, 3.8) is 0 Å². The highest BCUT2D eigenvalue weighted by atomic mass is 16.7. The van der Waals surface area contributed by atoms with Crippen LogP contribution < -0.4 is 56.8 Å². The number of carbonyl (C=O) groups is 1. The number of phenolic OH excluding ortho intramolecular Hbond substituents is 1. The SMILES string of the molecule is N#Cc1c(Oc2ccc(C(=O)c3ccc(Oc4cccc(Oc5ccc6c(c5)OCO6)c4C#N)c(Oc4cccc(Oc5ccc6c(c5)OCO6)c4C#N)c3O)cc2)cccc1Oc1ccc2c(c1)OCO2. The lowest BCUT2D eigenvalue weighted by Crippen LogP contribution is -2.04. The number of ketones is 1. The van der Waals surface area contributed by atoms with Gasteiger partial charge in [-0.15, -0.1) is 0 Å². The molecule has 8 aromatic rings. The Morgan fingerprint density at radius 1 is 0.403 bits per heavy atom. The van der Waals surface area contributed by atoms with E-state index in [0.29, 0.717) is 51.7 Å². The smallest absolute Gasteiger partial charge is 0.231 e. The number of nitrogens with zero attached hydrogens (tertiary/aromatic N) is 3.